The van der Waals surface area contributed by atoms with Gasteiger partial charge in [-0.3, -0.25) is 18.6 Å². The van der Waals surface area contributed by atoms with Crippen LogP contribution in [0.5, 0.6) is 0 Å². The van der Waals surface area contributed by atoms with Crippen molar-refractivity contribution in [2.45, 2.75) is 155 Å². The number of amides is 1. The van der Waals surface area contributed by atoms with Crippen LogP contribution in [-0.2, 0) is 27.9 Å². The average molecular weight is 620 g/mol. The maximum absolute atomic E-state index is 11.9. The number of aliphatic hydroxyl groups is 1. The van der Waals surface area contributed by atoms with E-state index in [1.54, 1.807) is 0 Å². The first-order valence-electron chi connectivity index (χ1n) is 16.7. The summed E-state index contributed by atoms with van der Waals surface area (Å²) in [6, 6.07) is 0. The van der Waals surface area contributed by atoms with Crippen molar-refractivity contribution < 1.29 is 37.9 Å². The molecule has 0 spiro atoms. The summed E-state index contributed by atoms with van der Waals surface area (Å²) in [7, 11) is -4.38. The van der Waals surface area contributed by atoms with Gasteiger partial charge in [-0.25, -0.2) is 4.57 Å². The van der Waals surface area contributed by atoms with Crippen molar-refractivity contribution in [2.24, 2.45) is 0 Å². The first-order chi connectivity index (χ1) is 20.3. The predicted molar refractivity (Wildman–Crippen MR) is 169 cm³/mol. The van der Waals surface area contributed by atoms with E-state index in [-0.39, 0.29) is 32.1 Å². The third-order valence-corrected chi connectivity index (χ3v) is 7.93. The monoisotopic (exact) mass is 619 g/mol. The minimum absolute atomic E-state index is 0.0794. The lowest BCUT2D eigenvalue weighted by Crippen LogP contribution is -2.27. The molecule has 42 heavy (non-hydrogen) atoms. The lowest BCUT2D eigenvalue weighted by molar-refractivity contribution is -0.147. The number of ether oxygens (including phenoxy) is 1. The van der Waals surface area contributed by atoms with Crippen LogP contribution in [0.25, 0.3) is 0 Å². The molecule has 0 saturated heterocycles. The number of phosphoric acid groups is 1. The highest BCUT2D eigenvalue weighted by Crippen LogP contribution is 2.42. The number of allylic oxidation sites excluding steroid dienone is 2. The summed E-state index contributed by atoms with van der Waals surface area (Å²) in [5.41, 5.74) is 0. The summed E-state index contributed by atoms with van der Waals surface area (Å²) in [4.78, 5) is 33.2. The second kappa shape index (κ2) is 29.8. The van der Waals surface area contributed by atoms with Crippen molar-refractivity contribution in [2.75, 3.05) is 26.4 Å². The molecule has 0 heterocycles. The molecule has 0 aliphatic carbocycles. The Morgan fingerprint density at radius 1 is 0.714 bits per heavy atom. The smallest absolute Gasteiger partial charge is 0.463 e. The van der Waals surface area contributed by atoms with E-state index in [2.05, 4.69) is 24.4 Å². The number of rotatable bonds is 31. The summed E-state index contributed by atoms with van der Waals surface area (Å²) in [5.74, 6) is -0.545. The van der Waals surface area contributed by atoms with Gasteiger partial charge in [0.15, 0.2) is 0 Å². The van der Waals surface area contributed by atoms with Gasteiger partial charge < -0.3 is 20.1 Å². The fourth-order valence-corrected chi connectivity index (χ4v) is 5.13. The van der Waals surface area contributed by atoms with Gasteiger partial charge >= 0.3 is 13.8 Å². The molecule has 9 nitrogen and oxygen atoms in total. The zero-order valence-electron chi connectivity index (χ0n) is 26.7. The number of phosphoric ester groups is 1. The fraction of sp³-hybridized carbons (Fsp3) is 0.875. The van der Waals surface area contributed by atoms with Crippen molar-refractivity contribution >= 4 is 19.7 Å². The standard InChI is InChI=1S/C32H62NO8P/c1-3-5-7-8-9-10-11-12-13-14-15-16-17-18-19-20-21-23-25-32(36)39-28-30(34)29-41-42(37,38)40-27-26-33-31(35)24-22-6-4-2/h13-14,30,34H,3-12,15-29H2,1-2H3,(H,33,35)(H,37,38)/b14-13-. The largest absolute Gasteiger partial charge is 0.472 e. The summed E-state index contributed by atoms with van der Waals surface area (Å²) < 4.78 is 26.4. The SMILES string of the molecule is CCCCCCCCC/C=C\CCCCCCCCCC(=O)OCC(O)COP(=O)(O)OCCNC(=O)CCCCC. The molecule has 3 N–H and O–H groups in total. The lowest BCUT2D eigenvalue weighted by atomic mass is 10.1. The molecule has 0 aromatic carbocycles. The number of carbonyl (C=O) groups is 2. The van der Waals surface area contributed by atoms with E-state index in [1.807, 2.05) is 6.92 Å². The Morgan fingerprint density at radius 3 is 1.81 bits per heavy atom. The number of nitrogens with one attached hydrogen (secondary N) is 1. The highest BCUT2D eigenvalue weighted by molar-refractivity contribution is 7.47. The van der Waals surface area contributed by atoms with Gasteiger partial charge in [0.2, 0.25) is 5.91 Å². The average Bonchev–Trinajstić information content (AvgIpc) is 2.97. The van der Waals surface area contributed by atoms with Gasteiger partial charge in [-0.1, -0.05) is 109 Å². The molecule has 2 unspecified atom stereocenters. The first-order valence-corrected chi connectivity index (χ1v) is 18.2. The Bertz CT molecular complexity index is 719. The van der Waals surface area contributed by atoms with Gasteiger partial charge in [-0.05, 0) is 38.5 Å². The summed E-state index contributed by atoms with van der Waals surface area (Å²) in [5, 5.41) is 12.5. The highest BCUT2D eigenvalue weighted by Gasteiger charge is 2.23. The van der Waals surface area contributed by atoms with Gasteiger partial charge in [0, 0.05) is 19.4 Å². The number of hydrogen-bond acceptors (Lipinski definition) is 7. The molecule has 2 atom stereocenters. The Morgan fingerprint density at radius 2 is 1.21 bits per heavy atom. The van der Waals surface area contributed by atoms with Crippen molar-refractivity contribution in [3.63, 3.8) is 0 Å². The quantitative estimate of drug-likeness (QED) is 0.0309. The zero-order chi connectivity index (χ0) is 31.2. The normalized spacial score (nSPS) is 13.7. The summed E-state index contributed by atoms with van der Waals surface area (Å²) >= 11 is 0. The number of carbonyl (C=O) groups excluding carboxylic acids is 2. The lowest BCUT2D eigenvalue weighted by Gasteiger charge is -2.15. The van der Waals surface area contributed by atoms with Gasteiger partial charge in [0.1, 0.15) is 12.7 Å². The molecule has 0 fully saturated rings. The molecule has 0 aromatic rings. The Hall–Kier alpha value is -1.25. The summed E-state index contributed by atoms with van der Waals surface area (Å²) in [6.07, 6.45) is 26.5. The topological polar surface area (TPSA) is 131 Å². The molecular formula is C32H62NO8P. The molecule has 1 amide bonds. The third-order valence-electron chi connectivity index (χ3n) is 6.95. The van der Waals surface area contributed by atoms with Crippen molar-refractivity contribution in [3.8, 4) is 0 Å². The van der Waals surface area contributed by atoms with E-state index in [0.29, 0.717) is 6.42 Å². The van der Waals surface area contributed by atoms with Crippen molar-refractivity contribution in [1.29, 1.82) is 0 Å². The van der Waals surface area contributed by atoms with Crippen molar-refractivity contribution in [1.82, 2.24) is 5.32 Å². The Kier molecular flexibility index (Phi) is 28.9. The van der Waals surface area contributed by atoms with Crippen LogP contribution in [0, 0.1) is 0 Å². The van der Waals surface area contributed by atoms with Crippen LogP contribution >= 0.6 is 7.82 Å². The molecular weight excluding hydrogens is 557 g/mol. The van der Waals surface area contributed by atoms with Crippen LogP contribution < -0.4 is 5.32 Å². The number of hydrogen-bond donors (Lipinski definition) is 3. The fourth-order valence-electron chi connectivity index (χ4n) is 4.37. The van der Waals surface area contributed by atoms with Crippen LogP contribution in [0.4, 0.5) is 0 Å². The molecule has 10 heteroatoms. The van der Waals surface area contributed by atoms with Crippen LogP contribution in [-0.4, -0.2) is 54.3 Å². The zero-order valence-corrected chi connectivity index (χ0v) is 27.6. The van der Waals surface area contributed by atoms with Gasteiger partial charge in [0.25, 0.3) is 0 Å². The third kappa shape index (κ3) is 30.2. The molecule has 0 saturated carbocycles. The second-order valence-corrected chi connectivity index (χ2v) is 12.6. The van der Waals surface area contributed by atoms with Gasteiger partial charge in [-0.2, -0.15) is 0 Å². The van der Waals surface area contributed by atoms with Crippen LogP contribution in [0.2, 0.25) is 0 Å². The van der Waals surface area contributed by atoms with Crippen molar-refractivity contribution in [3.05, 3.63) is 12.2 Å². The Labute approximate surface area is 256 Å². The second-order valence-electron chi connectivity index (χ2n) is 11.1. The summed E-state index contributed by atoms with van der Waals surface area (Å²) in [6.45, 7) is 3.35. The number of esters is 1. The van der Waals surface area contributed by atoms with Gasteiger partial charge in [0.05, 0.1) is 13.2 Å². The molecule has 0 aliphatic heterocycles. The molecule has 0 rings (SSSR count). The molecule has 0 aromatic heterocycles. The molecule has 0 aliphatic rings. The number of aliphatic hydroxyl groups excluding tert-OH is 1. The maximum Gasteiger partial charge on any atom is 0.472 e. The maximum atomic E-state index is 11.9. The van der Waals surface area contributed by atoms with E-state index >= 15 is 0 Å². The van der Waals surface area contributed by atoms with Gasteiger partial charge in [-0.15, -0.1) is 0 Å². The van der Waals surface area contributed by atoms with Crippen LogP contribution in [0.15, 0.2) is 12.2 Å². The van der Waals surface area contributed by atoms with E-state index in [0.717, 1.165) is 38.5 Å². The van der Waals surface area contributed by atoms with E-state index < -0.39 is 26.5 Å². The first kappa shape index (κ1) is 40.8. The minimum atomic E-state index is -4.38. The van der Waals surface area contributed by atoms with E-state index in [1.165, 1.54) is 83.5 Å². The van der Waals surface area contributed by atoms with E-state index in [9.17, 15) is 24.2 Å². The molecule has 0 bridgehead atoms. The minimum Gasteiger partial charge on any atom is -0.463 e. The highest BCUT2D eigenvalue weighted by atomic mass is 31.2. The predicted octanol–water partition coefficient (Wildman–Crippen LogP) is 7.93. The number of unbranched alkanes of at least 4 members (excludes halogenated alkanes) is 16. The Balaban J connectivity index is 3.57. The molecule has 248 valence electrons. The van der Waals surface area contributed by atoms with Crippen LogP contribution in [0.3, 0.4) is 0 Å². The molecule has 0 radical (unpaired) electrons. The van der Waals surface area contributed by atoms with E-state index in [4.69, 9.17) is 13.8 Å². The van der Waals surface area contributed by atoms with Crippen LogP contribution in [0.1, 0.15) is 149 Å².